The number of halogens is 2. The van der Waals surface area contributed by atoms with Crippen LogP contribution in [0.25, 0.3) is 22.5 Å². The summed E-state index contributed by atoms with van der Waals surface area (Å²) in [6, 6.07) is 9.77. The molecule has 0 aliphatic heterocycles. The molecule has 9 nitrogen and oxygen atoms in total. The molecule has 0 spiro atoms. The summed E-state index contributed by atoms with van der Waals surface area (Å²) in [5, 5.41) is 6.31. The van der Waals surface area contributed by atoms with Gasteiger partial charge in [0.15, 0.2) is 11.9 Å². The van der Waals surface area contributed by atoms with Gasteiger partial charge in [-0.1, -0.05) is 23.2 Å². The molecule has 8 N–H and O–H groups in total. The summed E-state index contributed by atoms with van der Waals surface area (Å²) in [6.45, 7) is 0. The van der Waals surface area contributed by atoms with Crippen LogP contribution in [0, 0.1) is 0 Å². The van der Waals surface area contributed by atoms with Gasteiger partial charge in [-0.05, 0) is 36.4 Å². The van der Waals surface area contributed by atoms with Gasteiger partial charge >= 0.3 is 6.03 Å². The van der Waals surface area contributed by atoms with Crippen molar-refractivity contribution in [3.63, 3.8) is 0 Å². The van der Waals surface area contributed by atoms with Crippen molar-refractivity contribution in [1.82, 2.24) is 19.9 Å². The van der Waals surface area contributed by atoms with Crippen molar-refractivity contribution in [3.8, 4) is 22.5 Å². The maximum atomic E-state index is 12.3. The van der Waals surface area contributed by atoms with E-state index in [1.807, 2.05) is 0 Å². The van der Waals surface area contributed by atoms with Gasteiger partial charge in [-0.25, -0.2) is 14.8 Å². The van der Waals surface area contributed by atoms with E-state index in [4.69, 9.17) is 34.7 Å². The summed E-state index contributed by atoms with van der Waals surface area (Å²) in [5.41, 5.74) is 15.0. The molecule has 30 heavy (non-hydrogen) atoms. The van der Waals surface area contributed by atoms with Crippen molar-refractivity contribution < 1.29 is 4.79 Å². The van der Waals surface area contributed by atoms with Gasteiger partial charge in [0.05, 0.1) is 33.8 Å². The number of nitrogens with zero attached hydrogens (tertiary/aromatic N) is 2. The number of hydrogen-bond donors (Lipinski definition) is 6. The highest BCUT2D eigenvalue weighted by molar-refractivity contribution is 6.34. The van der Waals surface area contributed by atoms with Crippen LogP contribution in [0.3, 0.4) is 0 Å². The number of benzene rings is 2. The fourth-order valence-electron chi connectivity index (χ4n) is 2.86. The molecule has 4 rings (SSSR count). The number of urea groups is 1. The zero-order valence-electron chi connectivity index (χ0n) is 15.3. The average molecular weight is 443 g/mol. The monoisotopic (exact) mass is 442 g/mol. The standard InChI is InChI=1S/C19H16Cl2N8O/c20-13-5-9(1-3-11(13)15-7-24-17(22)28-15)26-19(30)27-10-2-4-12(14(21)6-10)16-8-25-18(23)29-16/h1-8H,(H3,22,24,28)(H3,23,25,29)(H2,26,27,30). The molecule has 2 aromatic carbocycles. The first kappa shape index (κ1) is 19.6. The third-order valence-corrected chi connectivity index (χ3v) is 4.85. The zero-order valence-corrected chi connectivity index (χ0v) is 16.8. The molecular weight excluding hydrogens is 427 g/mol. The summed E-state index contributed by atoms with van der Waals surface area (Å²) >= 11 is 12.6. The van der Waals surface area contributed by atoms with E-state index in [2.05, 4.69) is 30.6 Å². The van der Waals surface area contributed by atoms with Crippen molar-refractivity contribution in [3.05, 3.63) is 58.8 Å². The van der Waals surface area contributed by atoms with Crippen LogP contribution in [-0.2, 0) is 0 Å². The minimum Gasteiger partial charge on any atom is -0.369 e. The van der Waals surface area contributed by atoms with Crippen LogP contribution >= 0.6 is 23.2 Å². The summed E-state index contributed by atoms with van der Waals surface area (Å²) in [6.07, 6.45) is 3.17. The molecule has 0 fully saturated rings. The van der Waals surface area contributed by atoms with Crippen LogP contribution in [0.4, 0.5) is 28.1 Å². The fraction of sp³-hybridized carbons (Fsp3) is 0. The third kappa shape index (κ3) is 4.17. The SMILES string of the molecule is Nc1ncc(-c2ccc(NC(=O)Nc3ccc(-c4cnc(N)[nH]4)c(Cl)c3)cc2Cl)[nH]1. The third-order valence-electron chi connectivity index (χ3n) is 4.23. The Morgan fingerprint density at radius 2 is 1.23 bits per heavy atom. The first-order valence-electron chi connectivity index (χ1n) is 8.68. The Hall–Kier alpha value is -3.69. The lowest BCUT2D eigenvalue weighted by molar-refractivity contribution is 0.262. The summed E-state index contributed by atoms with van der Waals surface area (Å²) in [7, 11) is 0. The molecular formula is C19H16Cl2N8O. The lowest BCUT2D eigenvalue weighted by Gasteiger charge is -2.11. The molecule has 152 valence electrons. The van der Waals surface area contributed by atoms with Crippen molar-refractivity contribution in [2.45, 2.75) is 0 Å². The molecule has 0 bridgehead atoms. The number of carbonyl (C=O) groups is 1. The number of nitrogens with two attached hydrogens (primary N) is 2. The van der Waals surface area contributed by atoms with Gasteiger partial charge in [0.25, 0.3) is 0 Å². The normalized spacial score (nSPS) is 10.7. The Bertz CT molecular complexity index is 1140. The number of nitrogen functional groups attached to an aromatic ring is 2. The van der Waals surface area contributed by atoms with Gasteiger partial charge in [0.1, 0.15) is 0 Å². The molecule has 0 unspecified atom stereocenters. The molecule has 0 saturated carbocycles. The first-order chi connectivity index (χ1) is 14.4. The van der Waals surface area contributed by atoms with E-state index in [1.165, 1.54) is 0 Å². The second kappa shape index (κ2) is 7.97. The van der Waals surface area contributed by atoms with Gasteiger partial charge < -0.3 is 32.1 Å². The van der Waals surface area contributed by atoms with Gasteiger partial charge in [0, 0.05) is 22.5 Å². The van der Waals surface area contributed by atoms with Crippen LogP contribution in [0.15, 0.2) is 48.8 Å². The second-order valence-corrected chi connectivity index (χ2v) is 7.15. The number of hydrogen-bond acceptors (Lipinski definition) is 5. The van der Waals surface area contributed by atoms with E-state index in [9.17, 15) is 4.79 Å². The maximum absolute atomic E-state index is 12.3. The van der Waals surface area contributed by atoms with Crippen LogP contribution in [-0.4, -0.2) is 26.0 Å². The van der Waals surface area contributed by atoms with E-state index in [0.717, 1.165) is 0 Å². The molecule has 0 radical (unpaired) electrons. The topological polar surface area (TPSA) is 151 Å². The molecule has 4 aromatic rings. The summed E-state index contributed by atoms with van der Waals surface area (Å²) in [5.74, 6) is 0.589. The predicted molar refractivity (Wildman–Crippen MR) is 120 cm³/mol. The molecule has 0 atom stereocenters. The maximum Gasteiger partial charge on any atom is 0.323 e. The largest absolute Gasteiger partial charge is 0.369 e. The van der Waals surface area contributed by atoms with Crippen molar-refractivity contribution in [1.29, 1.82) is 0 Å². The molecule has 2 aromatic heterocycles. The fourth-order valence-corrected chi connectivity index (χ4v) is 3.43. The Morgan fingerprint density at radius 1 is 0.800 bits per heavy atom. The van der Waals surface area contributed by atoms with E-state index < -0.39 is 6.03 Å². The van der Waals surface area contributed by atoms with Crippen LogP contribution in [0.1, 0.15) is 0 Å². The number of rotatable bonds is 4. The van der Waals surface area contributed by atoms with Crippen molar-refractivity contribution in [2.75, 3.05) is 22.1 Å². The number of H-pyrrole nitrogens is 2. The zero-order chi connectivity index (χ0) is 21.3. The predicted octanol–water partition coefficient (Wildman–Crippen LogP) is 4.58. The lowest BCUT2D eigenvalue weighted by Crippen LogP contribution is -2.19. The number of amides is 2. The second-order valence-electron chi connectivity index (χ2n) is 6.33. The number of anilines is 4. The number of aromatic nitrogens is 4. The summed E-state index contributed by atoms with van der Waals surface area (Å²) < 4.78 is 0. The van der Waals surface area contributed by atoms with Gasteiger partial charge in [0.2, 0.25) is 0 Å². The van der Waals surface area contributed by atoms with Crippen LogP contribution in [0.5, 0.6) is 0 Å². The van der Waals surface area contributed by atoms with Crippen LogP contribution < -0.4 is 22.1 Å². The van der Waals surface area contributed by atoms with Crippen molar-refractivity contribution >= 4 is 52.5 Å². The Kier molecular flexibility index (Phi) is 5.21. The number of imidazole rings is 2. The minimum absolute atomic E-state index is 0.295. The molecule has 2 amide bonds. The molecule has 0 aliphatic rings. The highest BCUT2D eigenvalue weighted by Crippen LogP contribution is 2.31. The van der Waals surface area contributed by atoms with Gasteiger partial charge in [-0.3, -0.25) is 0 Å². The average Bonchev–Trinajstić information content (AvgIpc) is 3.30. The lowest BCUT2D eigenvalue weighted by atomic mass is 10.1. The van der Waals surface area contributed by atoms with Crippen molar-refractivity contribution in [2.24, 2.45) is 0 Å². The van der Waals surface area contributed by atoms with Gasteiger partial charge in [-0.15, -0.1) is 0 Å². The van der Waals surface area contributed by atoms with E-state index in [1.54, 1.807) is 48.8 Å². The highest BCUT2D eigenvalue weighted by atomic mass is 35.5. The Morgan fingerprint density at radius 3 is 1.57 bits per heavy atom. The number of aromatic amines is 2. The first-order valence-corrected chi connectivity index (χ1v) is 9.43. The van der Waals surface area contributed by atoms with E-state index in [0.29, 0.717) is 55.8 Å². The minimum atomic E-state index is -0.445. The van der Waals surface area contributed by atoms with Gasteiger partial charge in [-0.2, -0.15) is 0 Å². The molecule has 0 aliphatic carbocycles. The molecule has 0 saturated heterocycles. The summed E-state index contributed by atoms with van der Waals surface area (Å²) in [4.78, 5) is 26.1. The smallest absolute Gasteiger partial charge is 0.323 e. The quantitative estimate of drug-likeness (QED) is 0.273. The van der Waals surface area contributed by atoms with E-state index in [-0.39, 0.29) is 0 Å². The number of nitrogens with one attached hydrogen (secondary N) is 4. The van der Waals surface area contributed by atoms with Crippen LogP contribution in [0.2, 0.25) is 10.0 Å². The Labute approximate surface area is 180 Å². The molecule has 11 heteroatoms. The molecule has 2 heterocycles. The highest BCUT2D eigenvalue weighted by Gasteiger charge is 2.11. The Balaban J connectivity index is 1.44. The number of carbonyl (C=O) groups excluding carboxylic acids is 1. The van der Waals surface area contributed by atoms with E-state index >= 15 is 0 Å².